The zero-order valence-electron chi connectivity index (χ0n) is 18.1. The van der Waals surface area contributed by atoms with E-state index < -0.39 is 0 Å². The number of para-hydroxylation sites is 1. The van der Waals surface area contributed by atoms with Crippen molar-refractivity contribution >= 4 is 27.9 Å². The van der Waals surface area contributed by atoms with Crippen LogP contribution in [0.2, 0.25) is 0 Å². The summed E-state index contributed by atoms with van der Waals surface area (Å²) in [7, 11) is 0. The van der Waals surface area contributed by atoms with Crippen molar-refractivity contribution in [3.63, 3.8) is 0 Å². The third kappa shape index (κ3) is 3.49. The van der Waals surface area contributed by atoms with Gasteiger partial charge in [-0.1, -0.05) is 66.7 Å². The van der Waals surface area contributed by atoms with E-state index >= 15 is 0 Å². The molecule has 2 N–H and O–H groups in total. The Morgan fingerprint density at radius 1 is 0.853 bits per heavy atom. The zero-order valence-corrected chi connectivity index (χ0v) is 18.1. The van der Waals surface area contributed by atoms with Gasteiger partial charge < -0.3 is 5.32 Å². The first-order chi connectivity index (χ1) is 16.8. The highest BCUT2D eigenvalue weighted by Gasteiger charge is 2.16. The SMILES string of the molecule is O=c1c2c[nH]nc2c2cnc(NCc3cccc(-c4ccccc4)c3)nc2n1-c1ccccc1. The van der Waals surface area contributed by atoms with Crippen LogP contribution >= 0.6 is 0 Å². The van der Waals surface area contributed by atoms with Gasteiger partial charge in [-0.2, -0.15) is 10.1 Å². The van der Waals surface area contributed by atoms with Crippen LogP contribution in [0.1, 0.15) is 5.56 Å². The predicted octanol–water partition coefficient (Wildman–Crippen LogP) is 4.94. The van der Waals surface area contributed by atoms with E-state index in [0.29, 0.717) is 34.4 Å². The summed E-state index contributed by atoms with van der Waals surface area (Å²) in [5.74, 6) is 0.441. The van der Waals surface area contributed by atoms with Crippen molar-refractivity contribution in [2.24, 2.45) is 0 Å². The molecule has 0 aliphatic carbocycles. The summed E-state index contributed by atoms with van der Waals surface area (Å²) in [6.45, 7) is 0.548. The van der Waals surface area contributed by atoms with Crippen LogP contribution in [0.4, 0.5) is 5.95 Å². The van der Waals surface area contributed by atoms with Crippen LogP contribution in [0.25, 0.3) is 38.8 Å². The number of aromatic amines is 1. The fourth-order valence-electron chi connectivity index (χ4n) is 4.16. The van der Waals surface area contributed by atoms with Gasteiger partial charge in [0.2, 0.25) is 5.95 Å². The molecule has 6 rings (SSSR count). The van der Waals surface area contributed by atoms with Gasteiger partial charge in [0.15, 0.2) is 5.65 Å². The van der Waals surface area contributed by atoms with Crippen LogP contribution in [0.5, 0.6) is 0 Å². The number of nitrogens with one attached hydrogen (secondary N) is 2. The van der Waals surface area contributed by atoms with E-state index in [4.69, 9.17) is 4.98 Å². The molecule has 7 nitrogen and oxygen atoms in total. The topological polar surface area (TPSA) is 88.5 Å². The Morgan fingerprint density at radius 2 is 1.62 bits per heavy atom. The van der Waals surface area contributed by atoms with Crippen LogP contribution in [-0.2, 0) is 6.54 Å². The van der Waals surface area contributed by atoms with Gasteiger partial charge in [-0.05, 0) is 34.9 Å². The lowest BCUT2D eigenvalue weighted by molar-refractivity contribution is 1.00. The molecule has 0 atom stereocenters. The Balaban J connectivity index is 1.39. The van der Waals surface area contributed by atoms with Crippen LogP contribution in [-0.4, -0.2) is 24.7 Å². The molecule has 34 heavy (non-hydrogen) atoms. The van der Waals surface area contributed by atoms with Gasteiger partial charge in [-0.3, -0.25) is 14.5 Å². The first-order valence-electron chi connectivity index (χ1n) is 11.0. The Morgan fingerprint density at radius 3 is 2.44 bits per heavy atom. The summed E-state index contributed by atoms with van der Waals surface area (Å²) in [5.41, 5.74) is 5.05. The number of rotatable bonds is 5. The van der Waals surface area contributed by atoms with E-state index in [1.807, 2.05) is 54.6 Å². The van der Waals surface area contributed by atoms with E-state index in [2.05, 4.69) is 50.8 Å². The van der Waals surface area contributed by atoms with Crippen molar-refractivity contribution in [3.8, 4) is 16.8 Å². The summed E-state index contributed by atoms with van der Waals surface area (Å²) in [5, 5.41) is 11.6. The normalized spacial score (nSPS) is 11.2. The number of anilines is 1. The molecule has 3 aromatic carbocycles. The van der Waals surface area contributed by atoms with E-state index in [9.17, 15) is 4.79 Å². The third-order valence-electron chi connectivity index (χ3n) is 5.81. The Hall–Kier alpha value is -4.78. The van der Waals surface area contributed by atoms with Crippen LogP contribution in [0, 0.1) is 0 Å². The first kappa shape index (κ1) is 19.9. The van der Waals surface area contributed by atoms with Gasteiger partial charge in [-0.25, -0.2) is 4.98 Å². The molecule has 0 radical (unpaired) electrons. The second-order valence-corrected chi connectivity index (χ2v) is 7.97. The minimum absolute atomic E-state index is 0.178. The summed E-state index contributed by atoms with van der Waals surface area (Å²) < 4.78 is 1.61. The fourth-order valence-corrected chi connectivity index (χ4v) is 4.16. The van der Waals surface area contributed by atoms with Gasteiger partial charge in [0.05, 0.1) is 16.5 Å². The fraction of sp³-hybridized carbons (Fsp3) is 0.0370. The Bertz CT molecular complexity index is 1670. The molecule has 3 heterocycles. The minimum Gasteiger partial charge on any atom is -0.350 e. The van der Waals surface area contributed by atoms with Crippen LogP contribution < -0.4 is 10.9 Å². The molecule has 0 amide bonds. The quantitative estimate of drug-likeness (QED) is 0.393. The second-order valence-electron chi connectivity index (χ2n) is 7.97. The van der Waals surface area contributed by atoms with Crippen molar-refractivity contribution in [3.05, 3.63) is 113 Å². The van der Waals surface area contributed by atoms with Gasteiger partial charge in [0.1, 0.15) is 5.52 Å². The molecule has 164 valence electrons. The average molecular weight is 444 g/mol. The molecular weight excluding hydrogens is 424 g/mol. The lowest BCUT2D eigenvalue weighted by Gasteiger charge is -2.12. The monoisotopic (exact) mass is 444 g/mol. The van der Waals surface area contributed by atoms with Crippen molar-refractivity contribution < 1.29 is 0 Å². The first-order valence-corrected chi connectivity index (χ1v) is 11.0. The van der Waals surface area contributed by atoms with Crippen molar-refractivity contribution in [1.29, 1.82) is 0 Å². The number of benzene rings is 3. The maximum atomic E-state index is 13.3. The van der Waals surface area contributed by atoms with E-state index in [1.54, 1.807) is 17.0 Å². The van der Waals surface area contributed by atoms with Crippen LogP contribution in [0.15, 0.2) is 102 Å². The highest BCUT2D eigenvalue weighted by Crippen LogP contribution is 2.23. The summed E-state index contributed by atoms with van der Waals surface area (Å²) in [6.07, 6.45) is 3.33. The third-order valence-corrected chi connectivity index (χ3v) is 5.81. The molecule has 0 saturated carbocycles. The van der Waals surface area contributed by atoms with Gasteiger partial charge >= 0.3 is 0 Å². The molecule has 0 spiro atoms. The molecule has 0 aliphatic rings. The highest BCUT2D eigenvalue weighted by molar-refractivity contribution is 6.02. The number of hydrogen-bond donors (Lipinski definition) is 2. The zero-order chi connectivity index (χ0) is 22.9. The van der Waals surface area contributed by atoms with E-state index in [-0.39, 0.29) is 5.56 Å². The average Bonchev–Trinajstić information content (AvgIpc) is 3.40. The number of pyridine rings is 1. The molecule has 6 aromatic rings. The maximum absolute atomic E-state index is 13.3. The Labute approximate surface area is 194 Å². The number of hydrogen-bond acceptors (Lipinski definition) is 5. The lowest BCUT2D eigenvalue weighted by Crippen LogP contribution is -2.20. The largest absolute Gasteiger partial charge is 0.350 e. The van der Waals surface area contributed by atoms with Crippen molar-refractivity contribution in [1.82, 2.24) is 24.7 Å². The van der Waals surface area contributed by atoms with Gasteiger partial charge in [0.25, 0.3) is 5.56 Å². The molecule has 0 bridgehead atoms. The summed E-state index contributed by atoms with van der Waals surface area (Å²) >= 11 is 0. The number of aromatic nitrogens is 5. The standard InChI is InChI=1S/C27H20N6O/c34-26-23-17-30-32-24(23)22-16-29-27(31-25(22)33(26)21-12-5-2-6-13-21)28-15-18-8-7-11-20(14-18)19-9-3-1-4-10-19/h1-14,16-17H,15H2,(H,30,32)(H,28,29,31). The molecule has 0 saturated heterocycles. The Kier molecular flexibility index (Phi) is 4.85. The minimum atomic E-state index is -0.178. The molecule has 0 unspecified atom stereocenters. The lowest BCUT2D eigenvalue weighted by atomic mass is 10.0. The number of H-pyrrole nitrogens is 1. The predicted molar refractivity (Wildman–Crippen MR) is 134 cm³/mol. The van der Waals surface area contributed by atoms with Crippen molar-refractivity contribution in [2.45, 2.75) is 6.54 Å². The molecule has 7 heteroatoms. The van der Waals surface area contributed by atoms with Crippen LogP contribution in [0.3, 0.4) is 0 Å². The van der Waals surface area contributed by atoms with Gasteiger partial charge in [-0.15, -0.1) is 0 Å². The maximum Gasteiger partial charge on any atom is 0.267 e. The highest BCUT2D eigenvalue weighted by atomic mass is 16.1. The van der Waals surface area contributed by atoms with Crippen molar-refractivity contribution in [2.75, 3.05) is 5.32 Å². The summed E-state index contributed by atoms with van der Waals surface area (Å²) in [4.78, 5) is 22.5. The molecular formula is C27H20N6O. The summed E-state index contributed by atoms with van der Waals surface area (Å²) in [6, 6.07) is 28.1. The number of nitrogens with zero attached hydrogens (tertiary/aromatic N) is 4. The van der Waals surface area contributed by atoms with E-state index in [1.165, 1.54) is 5.56 Å². The molecule has 0 fully saturated rings. The molecule has 3 aromatic heterocycles. The van der Waals surface area contributed by atoms with Gasteiger partial charge in [0, 0.05) is 18.9 Å². The smallest absolute Gasteiger partial charge is 0.267 e. The van der Waals surface area contributed by atoms with E-state index in [0.717, 1.165) is 16.8 Å². The second kappa shape index (κ2) is 8.29. The number of fused-ring (bicyclic) bond motifs is 3. The molecule has 0 aliphatic heterocycles.